The molecule has 26 heteroatoms. The number of aliphatic carboxylic acids is 2. The van der Waals surface area contributed by atoms with E-state index in [0.29, 0.717) is 150 Å². The first-order chi connectivity index (χ1) is 43.9. The second-order valence-electron chi connectivity index (χ2n) is 24.6. The molecular weight excluding hydrogens is 1250 g/mol. The highest BCUT2D eigenvalue weighted by molar-refractivity contribution is 7.65. The molecule has 4 heterocycles. The van der Waals surface area contributed by atoms with Crippen LogP contribution in [0.2, 0.25) is 0 Å². The van der Waals surface area contributed by atoms with Crippen LogP contribution in [0, 0.1) is 11.8 Å². The summed E-state index contributed by atoms with van der Waals surface area (Å²) in [6.45, 7) is 24.9. The number of benzene rings is 2. The summed E-state index contributed by atoms with van der Waals surface area (Å²) in [5, 5.41) is 21.1. The normalized spacial score (nSPS) is 15.4. The van der Waals surface area contributed by atoms with Gasteiger partial charge in [0.15, 0.2) is 0 Å². The number of ether oxygens (including phenoxy) is 3. The molecule has 1 amide bonds. The standard InChI is InChI=1S/C67H96N9O14P3/c1-11-75(12-2)57-41-49(25-27-59(57)88-36-16-19-64(77)78)21-23-52-39-55(70-62(44-52)92(9,84)85)47-73-32-30-72(46-54-38-51(43-61(69-54)91(8,82)83)18-15-29-68-66(81)90-67(5,6)7)31-33-74(35-34-73)48-56-40-53(45-63(71-56)93(10,86)87)24-22-50-26-28-60(89-37-17-20-65(79)80)58(42-50)76(13-3)14-4/h25-28,38-45H,11-21,23,29-37,46-48H2,1-10H3,(H,68,81)(H,77,78)(H,79,80)(H,82,83)(H,84,85)(H,86,87). The van der Waals surface area contributed by atoms with E-state index in [0.717, 1.165) is 41.2 Å². The molecule has 2 aromatic carbocycles. The lowest BCUT2D eigenvalue weighted by Crippen LogP contribution is -2.36. The van der Waals surface area contributed by atoms with E-state index in [9.17, 15) is 47.9 Å². The summed E-state index contributed by atoms with van der Waals surface area (Å²) < 4.78 is 57.9. The van der Waals surface area contributed by atoms with E-state index in [1.807, 2.05) is 62.4 Å². The molecular formula is C67H96N9O14P3. The zero-order valence-corrected chi connectivity index (χ0v) is 58.4. The van der Waals surface area contributed by atoms with Crippen LogP contribution in [-0.4, -0.2) is 183 Å². The molecule has 508 valence electrons. The average Bonchev–Trinajstić information content (AvgIpc) is 1.24. The summed E-state index contributed by atoms with van der Waals surface area (Å²) in [5.74, 6) is 5.99. The monoisotopic (exact) mass is 1340 g/mol. The third-order valence-corrected chi connectivity index (χ3v) is 18.7. The van der Waals surface area contributed by atoms with Crippen LogP contribution in [-0.2, 0) is 66.9 Å². The Morgan fingerprint density at radius 3 is 1.39 bits per heavy atom. The van der Waals surface area contributed by atoms with Crippen molar-refractivity contribution in [3.05, 3.63) is 118 Å². The molecule has 6 rings (SSSR count). The Hall–Kier alpha value is -6.69. The maximum absolute atomic E-state index is 13.5. The molecule has 93 heavy (non-hydrogen) atoms. The molecule has 3 unspecified atom stereocenters. The van der Waals surface area contributed by atoms with Crippen LogP contribution >= 0.6 is 22.1 Å². The number of carbonyl (C=O) groups is 3. The third kappa shape index (κ3) is 25.5. The van der Waals surface area contributed by atoms with Gasteiger partial charge in [0.2, 0.25) is 22.1 Å². The molecule has 3 aromatic heterocycles. The number of anilines is 2. The first-order valence-electron chi connectivity index (χ1n) is 32.0. The Kier molecular flexibility index (Phi) is 28.5. The number of carboxylic acid groups (broad SMARTS) is 2. The summed E-state index contributed by atoms with van der Waals surface area (Å²) in [6, 6.07) is 22.2. The molecule has 1 saturated heterocycles. The van der Waals surface area contributed by atoms with E-state index < -0.39 is 45.7 Å². The zero-order valence-electron chi connectivity index (χ0n) is 55.7. The fourth-order valence-corrected chi connectivity index (χ4v) is 12.8. The smallest absolute Gasteiger partial charge is 0.407 e. The van der Waals surface area contributed by atoms with Crippen molar-refractivity contribution in [3.8, 4) is 23.3 Å². The van der Waals surface area contributed by atoms with Crippen LogP contribution in [0.25, 0.3) is 0 Å². The summed E-state index contributed by atoms with van der Waals surface area (Å²) in [6.07, 6.45) is 2.32. The molecule has 0 aliphatic carbocycles. The maximum Gasteiger partial charge on any atom is 0.407 e. The van der Waals surface area contributed by atoms with Gasteiger partial charge in [0.05, 0.1) is 41.7 Å². The first kappa shape index (κ1) is 75.3. The number of nitrogens with one attached hydrogen (secondary N) is 1. The van der Waals surface area contributed by atoms with Crippen LogP contribution in [0.5, 0.6) is 11.5 Å². The van der Waals surface area contributed by atoms with Crippen LogP contribution in [0.1, 0.15) is 125 Å². The zero-order chi connectivity index (χ0) is 68.1. The molecule has 1 fully saturated rings. The molecule has 6 N–H and O–H groups in total. The predicted molar refractivity (Wildman–Crippen MR) is 365 cm³/mol. The molecule has 0 spiro atoms. The van der Waals surface area contributed by atoms with Gasteiger partial charge in [-0.1, -0.05) is 17.9 Å². The number of alkyl carbamates (subject to hydrolysis) is 1. The Morgan fingerprint density at radius 1 is 0.538 bits per heavy atom. The van der Waals surface area contributed by atoms with Gasteiger partial charge in [-0.3, -0.25) is 38.0 Å². The minimum Gasteiger partial charge on any atom is -0.491 e. The van der Waals surface area contributed by atoms with Gasteiger partial charge in [-0.15, -0.1) is 0 Å². The number of amides is 1. The van der Waals surface area contributed by atoms with Gasteiger partial charge < -0.3 is 54.2 Å². The second kappa shape index (κ2) is 35.2. The lowest BCUT2D eigenvalue weighted by atomic mass is 10.0. The molecule has 23 nitrogen and oxygen atoms in total. The number of aryl methyl sites for hydroxylation is 3. The highest BCUT2D eigenvalue weighted by Gasteiger charge is 2.26. The van der Waals surface area contributed by atoms with E-state index in [2.05, 4.69) is 61.6 Å². The number of nitrogens with zero attached hydrogens (tertiary/aromatic N) is 8. The fraction of sp³-hybridized carbons (Fsp3) is 0.522. The SMILES string of the molecule is CCN(CC)c1cc(C#Cc2cc(CN3CCN(Cc4cc(CCCNC(=O)OC(C)(C)C)cc(P(C)(=O)O)n4)CCN(Cc4cc(CCc5ccc(OCCCC(=O)O)c(N(CC)CC)c5)cc(P(C)(=O)O)n4)CC3)nc(P(C)(=O)O)c2)ccc1OCCCC(=O)O. The van der Waals surface area contributed by atoms with E-state index >= 15 is 0 Å². The largest absolute Gasteiger partial charge is 0.491 e. The van der Waals surface area contributed by atoms with Crippen LogP contribution < -0.4 is 40.9 Å². The predicted octanol–water partition coefficient (Wildman–Crippen LogP) is 8.09. The molecule has 0 saturated carbocycles. The lowest BCUT2D eigenvalue weighted by molar-refractivity contribution is -0.138. The molecule has 1 aliphatic heterocycles. The van der Waals surface area contributed by atoms with Crippen LogP contribution in [0.15, 0.2) is 72.8 Å². The first-order valence-corrected chi connectivity index (χ1v) is 38.3. The topological polar surface area (TPSA) is 298 Å². The van der Waals surface area contributed by atoms with Gasteiger partial charge in [0, 0.05) is 136 Å². The maximum atomic E-state index is 13.5. The van der Waals surface area contributed by atoms with Crippen LogP contribution in [0.3, 0.4) is 0 Å². The minimum absolute atomic E-state index is 0.00409. The number of hydrogen-bond donors (Lipinski definition) is 6. The average molecular weight is 1340 g/mol. The quantitative estimate of drug-likeness (QED) is 0.0135. The Morgan fingerprint density at radius 2 is 0.946 bits per heavy atom. The fourth-order valence-electron chi connectivity index (χ4n) is 10.6. The van der Waals surface area contributed by atoms with Crippen LogP contribution in [0.4, 0.5) is 16.2 Å². The number of carboxylic acids is 2. The number of rotatable bonds is 32. The Balaban J connectivity index is 1.33. The molecule has 0 radical (unpaired) electrons. The third-order valence-electron chi connectivity index (χ3n) is 15.5. The molecule has 0 bridgehead atoms. The van der Waals surface area contributed by atoms with E-state index in [1.165, 1.54) is 20.0 Å². The van der Waals surface area contributed by atoms with Crippen molar-refractivity contribution < 1.29 is 67.2 Å². The van der Waals surface area contributed by atoms with E-state index in [4.69, 9.17) is 34.3 Å². The highest BCUT2D eigenvalue weighted by atomic mass is 31.2. The Bertz CT molecular complexity index is 3550. The van der Waals surface area contributed by atoms with Gasteiger partial charge in [-0.25, -0.2) is 19.7 Å². The number of carbonyl (C=O) groups excluding carboxylic acids is 1. The summed E-state index contributed by atoms with van der Waals surface area (Å²) in [5.41, 5.74) is 6.72. The van der Waals surface area contributed by atoms with Gasteiger partial charge in [-0.2, -0.15) is 0 Å². The van der Waals surface area contributed by atoms with Crippen molar-refractivity contribution in [2.45, 2.75) is 125 Å². The number of pyridine rings is 3. The van der Waals surface area contributed by atoms with Gasteiger partial charge in [-0.05, 0) is 170 Å². The number of hydrogen-bond acceptors (Lipinski definition) is 17. The van der Waals surface area contributed by atoms with Crippen molar-refractivity contribution in [1.82, 2.24) is 35.0 Å². The van der Waals surface area contributed by atoms with Gasteiger partial charge in [0.1, 0.15) is 33.4 Å². The molecule has 3 atom stereocenters. The summed E-state index contributed by atoms with van der Waals surface area (Å²) in [4.78, 5) is 93.1. The molecule has 1 aliphatic rings. The van der Waals surface area contributed by atoms with Crippen molar-refractivity contribution in [2.75, 3.05) is 115 Å². The molecule has 5 aromatic rings. The lowest BCUT2D eigenvalue weighted by Gasteiger charge is -2.26. The summed E-state index contributed by atoms with van der Waals surface area (Å²) in [7, 11) is -11.6. The van der Waals surface area contributed by atoms with Crippen molar-refractivity contribution in [2.24, 2.45) is 0 Å². The van der Waals surface area contributed by atoms with Crippen molar-refractivity contribution in [3.63, 3.8) is 0 Å². The van der Waals surface area contributed by atoms with Gasteiger partial charge in [0.25, 0.3) is 0 Å². The second-order valence-corrected chi connectivity index (χ2v) is 31.3. The van der Waals surface area contributed by atoms with Crippen molar-refractivity contribution in [1.29, 1.82) is 0 Å². The number of aromatic nitrogens is 3. The van der Waals surface area contributed by atoms with Crippen molar-refractivity contribution >= 4 is 67.8 Å². The van der Waals surface area contributed by atoms with Gasteiger partial charge >= 0.3 is 18.0 Å². The van der Waals surface area contributed by atoms with E-state index in [-0.39, 0.29) is 48.9 Å². The minimum atomic E-state index is -3.91. The summed E-state index contributed by atoms with van der Waals surface area (Å²) >= 11 is 0. The Labute approximate surface area is 548 Å². The van der Waals surface area contributed by atoms with E-state index in [1.54, 1.807) is 39.0 Å². The highest BCUT2D eigenvalue weighted by Crippen LogP contribution is 2.37.